The molecule has 0 saturated heterocycles. The van der Waals surface area contributed by atoms with Crippen molar-refractivity contribution in [2.75, 3.05) is 13.1 Å². The van der Waals surface area contributed by atoms with Gasteiger partial charge >= 0.3 is 0 Å². The van der Waals surface area contributed by atoms with Crippen LogP contribution in [-0.2, 0) is 17.8 Å². The second kappa shape index (κ2) is 7.98. The Hall–Kier alpha value is -2.93. The molecule has 2 amide bonds. The predicted molar refractivity (Wildman–Crippen MR) is 108 cm³/mol. The zero-order chi connectivity index (χ0) is 19.5. The maximum Gasteiger partial charge on any atom is 0.254 e. The van der Waals surface area contributed by atoms with Crippen molar-refractivity contribution in [2.45, 2.75) is 25.9 Å². The van der Waals surface area contributed by atoms with Gasteiger partial charge in [0.05, 0.1) is 18.8 Å². The van der Waals surface area contributed by atoms with Gasteiger partial charge in [-0.15, -0.1) is 11.3 Å². The number of amides is 2. The molecule has 2 aromatic heterocycles. The molecule has 1 N–H and O–H groups in total. The fourth-order valence-electron chi connectivity index (χ4n) is 3.48. The summed E-state index contributed by atoms with van der Waals surface area (Å²) in [7, 11) is 0. The minimum Gasteiger partial charge on any atom is -0.354 e. The largest absolute Gasteiger partial charge is 0.354 e. The highest BCUT2D eigenvalue weighted by Gasteiger charge is 2.33. The van der Waals surface area contributed by atoms with E-state index in [0.717, 1.165) is 17.7 Å². The van der Waals surface area contributed by atoms with Gasteiger partial charge in [0.25, 0.3) is 5.91 Å². The van der Waals surface area contributed by atoms with Crippen LogP contribution in [0.2, 0.25) is 0 Å². The van der Waals surface area contributed by atoms with Crippen LogP contribution in [0.15, 0.2) is 54.0 Å². The topological polar surface area (TPSA) is 67.2 Å². The van der Waals surface area contributed by atoms with Crippen LogP contribution >= 0.6 is 11.3 Å². The summed E-state index contributed by atoms with van der Waals surface area (Å²) in [5, 5.41) is 9.35. The number of carbonyl (C=O) groups is 2. The molecule has 0 bridgehead atoms. The van der Waals surface area contributed by atoms with E-state index in [-0.39, 0.29) is 11.8 Å². The third-order valence-corrected chi connectivity index (χ3v) is 5.84. The molecule has 3 heterocycles. The van der Waals surface area contributed by atoms with E-state index >= 15 is 0 Å². The molecule has 28 heavy (non-hydrogen) atoms. The van der Waals surface area contributed by atoms with Gasteiger partial charge in [-0.25, -0.2) is 0 Å². The number of nitrogens with zero attached hydrogens (tertiary/aromatic N) is 3. The van der Waals surface area contributed by atoms with E-state index < -0.39 is 6.04 Å². The van der Waals surface area contributed by atoms with E-state index in [2.05, 4.69) is 16.5 Å². The highest BCUT2D eigenvalue weighted by Crippen LogP contribution is 2.22. The van der Waals surface area contributed by atoms with Crippen molar-refractivity contribution in [3.8, 4) is 0 Å². The molecule has 1 aromatic carbocycles. The Bertz CT molecular complexity index is 980. The normalized spacial score (nSPS) is 15.9. The first-order valence-electron chi connectivity index (χ1n) is 9.30. The molecule has 4 rings (SSSR count). The first kappa shape index (κ1) is 18.4. The molecule has 1 unspecified atom stereocenters. The molecule has 144 valence electrons. The fraction of sp³-hybridized carbons (Fsp3) is 0.286. The van der Waals surface area contributed by atoms with Crippen LogP contribution in [0.1, 0.15) is 32.5 Å². The first-order chi connectivity index (χ1) is 13.6. The smallest absolute Gasteiger partial charge is 0.254 e. The molecule has 0 saturated carbocycles. The number of rotatable bonds is 5. The second-order valence-corrected chi connectivity index (χ2v) is 7.99. The van der Waals surface area contributed by atoms with Crippen molar-refractivity contribution >= 4 is 23.2 Å². The number of hydrogen-bond acceptors (Lipinski definition) is 4. The number of aromatic nitrogens is 2. The van der Waals surface area contributed by atoms with E-state index in [9.17, 15) is 9.59 Å². The summed E-state index contributed by atoms with van der Waals surface area (Å²) in [4.78, 5) is 28.8. The maximum absolute atomic E-state index is 13.0. The number of aryl methyl sites for hydroxylation is 1. The van der Waals surface area contributed by atoms with E-state index in [4.69, 9.17) is 0 Å². The van der Waals surface area contributed by atoms with Crippen LogP contribution in [0.4, 0.5) is 0 Å². The molecule has 0 radical (unpaired) electrons. The molecule has 1 aliphatic heterocycles. The van der Waals surface area contributed by atoms with Crippen LogP contribution in [0.5, 0.6) is 0 Å². The molecule has 0 spiro atoms. The standard InChI is InChI=1S/C21H22N4O2S/c1-15-4-2-5-16(12-15)21(27)24-13-17-7-10-23-25(17)19(14-24)20(26)22-9-8-18-6-3-11-28-18/h2-7,10-12,19H,8-9,13-14H2,1H3,(H,22,26). The van der Waals surface area contributed by atoms with Crippen molar-refractivity contribution < 1.29 is 9.59 Å². The summed E-state index contributed by atoms with van der Waals surface area (Å²) < 4.78 is 1.74. The lowest BCUT2D eigenvalue weighted by molar-refractivity contribution is -0.125. The molecule has 0 aliphatic carbocycles. The molecule has 0 fully saturated rings. The van der Waals surface area contributed by atoms with Crippen molar-refractivity contribution in [3.63, 3.8) is 0 Å². The fourth-order valence-corrected chi connectivity index (χ4v) is 4.19. The Labute approximate surface area is 167 Å². The van der Waals surface area contributed by atoms with Gasteiger partial charge in [0.1, 0.15) is 6.04 Å². The van der Waals surface area contributed by atoms with Crippen molar-refractivity contribution in [1.82, 2.24) is 20.0 Å². The lowest BCUT2D eigenvalue weighted by Gasteiger charge is -2.33. The summed E-state index contributed by atoms with van der Waals surface area (Å²) in [6.45, 7) is 3.29. The predicted octanol–water partition coefficient (Wildman–Crippen LogP) is 2.81. The van der Waals surface area contributed by atoms with Crippen LogP contribution in [0.25, 0.3) is 0 Å². The molecular formula is C21H22N4O2S. The van der Waals surface area contributed by atoms with Gasteiger partial charge in [0.15, 0.2) is 0 Å². The zero-order valence-electron chi connectivity index (χ0n) is 15.7. The van der Waals surface area contributed by atoms with Crippen LogP contribution < -0.4 is 5.32 Å². The van der Waals surface area contributed by atoms with Gasteiger partial charge in [-0.2, -0.15) is 5.10 Å². The second-order valence-electron chi connectivity index (χ2n) is 6.96. The summed E-state index contributed by atoms with van der Waals surface area (Å²) in [6, 6.07) is 13.0. The van der Waals surface area contributed by atoms with E-state index in [1.54, 1.807) is 27.1 Å². The van der Waals surface area contributed by atoms with Gasteiger partial charge in [0.2, 0.25) is 5.91 Å². The highest BCUT2D eigenvalue weighted by atomic mass is 32.1. The van der Waals surface area contributed by atoms with Crippen molar-refractivity contribution in [1.29, 1.82) is 0 Å². The lowest BCUT2D eigenvalue weighted by atomic mass is 10.1. The van der Waals surface area contributed by atoms with Crippen LogP contribution in [0.3, 0.4) is 0 Å². The third-order valence-electron chi connectivity index (χ3n) is 4.90. The summed E-state index contributed by atoms with van der Waals surface area (Å²) in [5.41, 5.74) is 2.55. The van der Waals surface area contributed by atoms with E-state index in [1.807, 2.05) is 48.7 Å². The van der Waals surface area contributed by atoms with Gasteiger partial charge in [0, 0.05) is 23.2 Å². The van der Waals surface area contributed by atoms with Crippen molar-refractivity contribution in [2.24, 2.45) is 0 Å². The number of carbonyl (C=O) groups excluding carboxylic acids is 2. The lowest BCUT2D eigenvalue weighted by Crippen LogP contribution is -2.47. The molecular weight excluding hydrogens is 372 g/mol. The molecule has 7 heteroatoms. The Balaban J connectivity index is 1.47. The first-order valence-corrected chi connectivity index (χ1v) is 10.2. The quantitative estimate of drug-likeness (QED) is 0.724. The minimum atomic E-state index is -0.518. The summed E-state index contributed by atoms with van der Waals surface area (Å²) in [5.74, 6) is -0.171. The average molecular weight is 395 g/mol. The maximum atomic E-state index is 13.0. The van der Waals surface area contributed by atoms with Gasteiger partial charge in [-0.05, 0) is 43.0 Å². The van der Waals surface area contributed by atoms with Crippen molar-refractivity contribution in [3.05, 3.63) is 75.7 Å². The Kier molecular flexibility index (Phi) is 5.25. The van der Waals surface area contributed by atoms with Gasteiger partial charge in [-0.3, -0.25) is 14.3 Å². The van der Waals surface area contributed by atoms with Crippen LogP contribution in [0, 0.1) is 6.92 Å². The Morgan fingerprint density at radius 1 is 1.25 bits per heavy atom. The molecule has 3 aromatic rings. The molecule has 1 atom stereocenters. The van der Waals surface area contributed by atoms with E-state index in [1.165, 1.54) is 4.88 Å². The highest BCUT2D eigenvalue weighted by molar-refractivity contribution is 7.09. The SMILES string of the molecule is Cc1cccc(C(=O)N2Cc3ccnn3C(C(=O)NCCc3cccs3)C2)c1. The third kappa shape index (κ3) is 3.84. The number of benzene rings is 1. The Morgan fingerprint density at radius 2 is 2.14 bits per heavy atom. The van der Waals surface area contributed by atoms with Crippen LogP contribution in [-0.4, -0.2) is 39.6 Å². The molecule has 6 nitrogen and oxygen atoms in total. The minimum absolute atomic E-state index is 0.0625. The number of thiophene rings is 1. The zero-order valence-corrected chi connectivity index (χ0v) is 16.5. The van der Waals surface area contributed by atoms with E-state index in [0.29, 0.717) is 25.2 Å². The number of nitrogens with one attached hydrogen (secondary N) is 1. The summed E-state index contributed by atoms with van der Waals surface area (Å²) >= 11 is 1.68. The summed E-state index contributed by atoms with van der Waals surface area (Å²) in [6.07, 6.45) is 2.48. The monoisotopic (exact) mass is 394 g/mol. The average Bonchev–Trinajstić information content (AvgIpc) is 3.38. The van der Waals surface area contributed by atoms with Gasteiger partial charge in [-0.1, -0.05) is 23.8 Å². The number of fused-ring (bicyclic) bond motifs is 1. The number of hydrogen-bond donors (Lipinski definition) is 1. The Morgan fingerprint density at radius 3 is 2.93 bits per heavy atom. The molecule has 1 aliphatic rings. The van der Waals surface area contributed by atoms with Gasteiger partial charge < -0.3 is 10.2 Å².